The molecule has 1 fully saturated rings. The molecule has 1 N–H and O–H groups in total. The molecule has 0 aliphatic carbocycles. The zero-order chi connectivity index (χ0) is 23.8. The predicted molar refractivity (Wildman–Crippen MR) is 132 cm³/mol. The highest BCUT2D eigenvalue weighted by molar-refractivity contribution is 5.76. The van der Waals surface area contributed by atoms with Crippen molar-refractivity contribution < 1.29 is 14.6 Å². The molecule has 1 saturated heterocycles. The number of amides is 1. The van der Waals surface area contributed by atoms with E-state index in [0.29, 0.717) is 18.8 Å². The van der Waals surface area contributed by atoms with E-state index >= 15 is 0 Å². The Kier molecular flexibility index (Phi) is 7.88. The molecular weight excluding hydrogens is 430 g/mol. The van der Waals surface area contributed by atoms with Gasteiger partial charge in [0.25, 0.3) is 5.91 Å². The number of carbonyl (C=O) groups is 1. The monoisotopic (exact) mass is 459 g/mol. The number of aromatic hydroxyl groups is 1. The quantitative estimate of drug-likeness (QED) is 0.474. The maximum Gasteiger partial charge on any atom is 0.286 e. The van der Waals surface area contributed by atoms with Gasteiger partial charge in [-0.15, -0.1) is 4.91 Å². The summed E-state index contributed by atoms with van der Waals surface area (Å²) >= 11 is 0. The molecule has 7 nitrogen and oxygen atoms in total. The van der Waals surface area contributed by atoms with Gasteiger partial charge in [0, 0.05) is 50.0 Å². The topological polar surface area (TPSA) is 82.4 Å². The number of rotatable bonds is 9. The van der Waals surface area contributed by atoms with Crippen LogP contribution in [0, 0.1) is 4.91 Å². The molecule has 1 aliphatic heterocycles. The predicted octanol–water partition coefficient (Wildman–Crippen LogP) is 4.52. The van der Waals surface area contributed by atoms with Gasteiger partial charge in [-0.1, -0.05) is 36.4 Å². The number of nitroso groups, excluding NO2 is 1. The molecular formula is C27H29N3O4. The highest BCUT2D eigenvalue weighted by Gasteiger charge is 2.17. The maximum atomic E-state index is 11.0. The Morgan fingerprint density at radius 2 is 1.44 bits per heavy atom. The minimum Gasteiger partial charge on any atom is -0.508 e. The normalized spacial score (nSPS) is 14.1. The lowest BCUT2D eigenvalue weighted by Crippen LogP contribution is -2.45. The van der Waals surface area contributed by atoms with E-state index in [9.17, 15) is 14.8 Å². The van der Waals surface area contributed by atoms with E-state index < -0.39 is 5.91 Å². The molecule has 176 valence electrons. The fraction of sp³-hybridized carbons (Fsp3) is 0.296. The number of hydrogen-bond acceptors (Lipinski definition) is 6. The Morgan fingerprint density at radius 1 is 0.824 bits per heavy atom. The zero-order valence-electron chi connectivity index (χ0n) is 19.1. The number of carbonyl (C=O) groups excluding carboxylic acids is 1. The molecule has 7 heteroatoms. The van der Waals surface area contributed by atoms with E-state index in [1.807, 2.05) is 36.4 Å². The minimum atomic E-state index is -0.625. The van der Waals surface area contributed by atoms with E-state index in [0.717, 1.165) is 55.3 Å². The van der Waals surface area contributed by atoms with Crippen LogP contribution in [0.4, 0.5) is 5.69 Å². The highest BCUT2D eigenvalue weighted by Crippen LogP contribution is 2.21. The Labute approximate surface area is 199 Å². The van der Waals surface area contributed by atoms with Crippen LogP contribution in [0.5, 0.6) is 11.5 Å². The number of piperazine rings is 1. The maximum absolute atomic E-state index is 11.0. The molecule has 3 aromatic carbocycles. The Balaban J connectivity index is 1.20. The van der Waals surface area contributed by atoms with Gasteiger partial charge in [-0.3, -0.25) is 9.69 Å². The molecule has 3 aromatic rings. The first-order valence-corrected chi connectivity index (χ1v) is 11.5. The second kappa shape index (κ2) is 11.4. The first-order valence-electron chi connectivity index (χ1n) is 11.5. The Bertz CT molecular complexity index is 1070. The number of aryl methyl sites for hydroxylation is 1. The summed E-state index contributed by atoms with van der Waals surface area (Å²) in [4.78, 5) is 26.0. The molecule has 1 heterocycles. The summed E-state index contributed by atoms with van der Waals surface area (Å²) in [5, 5.41) is 11.9. The van der Waals surface area contributed by atoms with Crippen LogP contribution in [0.1, 0.15) is 23.1 Å². The lowest BCUT2D eigenvalue weighted by Gasteiger charge is -2.36. The molecule has 0 radical (unpaired) electrons. The van der Waals surface area contributed by atoms with Gasteiger partial charge in [0.15, 0.2) is 0 Å². The molecule has 0 aromatic heterocycles. The van der Waals surface area contributed by atoms with Crippen molar-refractivity contribution in [3.8, 4) is 11.5 Å². The van der Waals surface area contributed by atoms with E-state index in [1.165, 1.54) is 5.56 Å². The van der Waals surface area contributed by atoms with Crippen molar-refractivity contribution in [2.45, 2.75) is 26.0 Å². The fourth-order valence-electron chi connectivity index (χ4n) is 4.04. The molecule has 0 saturated carbocycles. The first kappa shape index (κ1) is 23.4. The largest absolute Gasteiger partial charge is 0.508 e. The molecule has 4 rings (SSSR count). The molecule has 0 spiro atoms. The van der Waals surface area contributed by atoms with Gasteiger partial charge in [0.2, 0.25) is 0 Å². The van der Waals surface area contributed by atoms with Crippen molar-refractivity contribution in [2.24, 2.45) is 5.18 Å². The number of anilines is 1. The standard InChI is InChI=1S/C27H29N3O4/c31-25-10-8-24(9-11-25)30-17-15-29(16-18-30)19-22-1-3-23(4-2-22)20-34-26-12-5-21(6-13-26)7-14-27(32)28-33/h1-6,8-13,31H,7,14-20H2. The number of nitrogens with zero attached hydrogens (tertiary/aromatic N) is 3. The third-order valence-corrected chi connectivity index (χ3v) is 6.07. The average Bonchev–Trinajstić information content (AvgIpc) is 2.88. The van der Waals surface area contributed by atoms with Crippen LogP contribution >= 0.6 is 0 Å². The SMILES string of the molecule is O=NC(=O)CCc1ccc(OCc2ccc(CN3CCN(c4ccc(O)cc4)CC3)cc2)cc1. The van der Waals surface area contributed by atoms with Crippen LogP contribution in [0.3, 0.4) is 0 Å². The molecule has 1 aliphatic rings. The summed E-state index contributed by atoms with van der Waals surface area (Å²) < 4.78 is 5.88. The summed E-state index contributed by atoms with van der Waals surface area (Å²) in [5.74, 6) is 0.438. The summed E-state index contributed by atoms with van der Waals surface area (Å²) in [6.45, 7) is 5.36. The summed E-state index contributed by atoms with van der Waals surface area (Å²) in [7, 11) is 0. The number of phenolic OH excluding ortho intramolecular Hbond substituents is 1. The van der Waals surface area contributed by atoms with Crippen molar-refractivity contribution in [1.29, 1.82) is 0 Å². The molecule has 0 unspecified atom stereocenters. The first-order chi connectivity index (χ1) is 16.6. The van der Waals surface area contributed by atoms with Gasteiger partial charge >= 0.3 is 0 Å². The molecule has 34 heavy (non-hydrogen) atoms. The molecule has 0 atom stereocenters. The minimum absolute atomic E-state index is 0.129. The van der Waals surface area contributed by atoms with Gasteiger partial charge in [-0.25, -0.2) is 0 Å². The van der Waals surface area contributed by atoms with E-state index in [-0.39, 0.29) is 6.42 Å². The zero-order valence-corrected chi connectivity index (χ0v) is 19.1. The van der Waals surface area contributed by atoms with Crippen molar-refractivity contribution >= 4 is 11.6 Å². The lowest BCUT2D eigenvalue weighted by molar-refractivity contribution is -0.117. The smallest absolute Gasteiger partial charge is 0.286 e. The van der Waals surface area contributed by atoms with Crippen LogP contribution in [0.2, 0.25) is 0 Å². The van der Waals surface area contributed by atoms with Crippen LogP contribution < -0.4 is 9.64 Å². The van der Waals surface area contributed by atoms with Gasteiger partial charge in [-0.05, 0) is 59.5 Å². The van der Waals surface area contributed by atoms with Gasteiger partial charge < -0.3 is 14.7 Å². The number of ether oxygens (including phenoxy) is 1. The number of hydrogen-bond donors (Lipinski definition) is 1. The number of benzene rings is 3. The van der Waals surface area contributed by atoms with Gasteiger partial charge in [0.05, 0.1) is 0 Å². The summed E-state index contributed by atoms with van der Waals surface area (Å²) in [6, 6.07) is 23.5. The lowest BCUT2D eigenvalue weighted by atomic mass is 10.1. The van der Waals surface area contributed by atoms with Crippen LogP contribution in [-0.2, 0) is 24.4 Å². The average molecular weight is 460 g/mol. The third-order valence-electron chi connectivity index (χ3n) is 6.07. The van der Waals surface area contributed by atoms with Crippen molar-refractivity contribution in [3.63, 3.8) is 0 Å². The van der Waals surface area contributed by atoms with Crippen molar-refractivity contribution in [2.75, 3.05) is 31.1 Å². The second-order valence-electron chi connectivity index (χ2n) is 8.51. The van der Waals surface area contributed by atoms with Crippen LogP contribution in [-0.4, -0.2) is 42.1 Å². The summed E-state index contributed by atoms with van der Waals surface area (Å²) in [5.41, 5.74) is 4.51. The summed E-state index contributed by atoms with van der Waals surface area (Å²) in [6.07, 6.45) is 0.627. The Hall–Kier alpha value is -3.71. The molecule has 1 amide bonds. The van der Waals surface area contributed by atoms with Gasteiger partial charge in [-0.2, -0.15) is 0 Å². The van der Waals surface area contributed by atoms with Crippen molar-refractivity contribution in [3.05, 3.63) is 94.4 Å². The van der Waals surface area contributed by atoms with E-state index in [1.54, 1.807) is 12.1 Å². The fourth-order valence-corrected chi connectivity index (χ4v) is 4.04. The highest BCUT2D eigenvalue weighted by atomic mass is 16.5. The number of phenols is 1. The third kappa shape index (κ3) is 6.65. The van der Waals surface area contributed by atoms with E-state index in [4.69, 9.17) is 4.74 Å². The Morgan fingerprint density at radius 3 is 2.09 bits per heavy atom. The van der Waals surface area contributed by atoms with E-state index in [2.05, 4.69) is 39.2 Å². The van der Waals surface area contributed by atoms with Crippen LogP contribution in [0.15, 0.2) is 78.0 Å². The second-order valence-corrected chi connectivity index (χ2v) is 8.51. The van der Waals surface area contributed by atoms with Gasteiger partial charge in [0.1, 0.15) is 18.1 Å². The van der Waals surface area contributed by atoms with Crippen LogP contribution in [0.25, 0.3) is 0 Å². The van der Waals surface area contributed by atoms with Crippen molar-refractivity contribution in [1.82, 2.24) is 4.90 Å². The molecule has 0 bridgehead atoms.